The molecule has 0 aromatic heterocycles. The average molecular weight is 194 g/mol. The standard InChI is InChI=1S/C9H10N2O3/c1-7-8(5-10-6-12)3-2-4-9(7)11(13)14/h2-4,6H,5H2,1H3,(H,10,12). The number of hydrogen-bond acceptors (Lipinski definition) is 3. The highest BCUT2D eigenvalue weighted by Crippen LogP contribution is 2.20. The molecule has 1 rings (SSSR count). The van der Waals surface area contributed by atoms with Gasteiger partial charge in [-0.2, -0.15) is 0 Å². The van der Waals surface area contributed by atoms with Gasteiger partial charge in [-0.05, 0) is 12.5 Å². The van der Waals surface area contributed by atoms with Crippen molar-refractivity contribution in [2.24, 2.45) is 0 Å². The van der Waals surface area contributed by atoms with Crippen LogP contribution in [0.15, 0.2) is 18.2 Å². The molecule has 0 aliphatic carbocycles. The van der Waals surface area contributed by atoms with E-state index in [9.17, 15) is 14.9 Å². The van der Waals surface area contributed by atoms with Crippen molar-refractivity contribution in [1.29, 1.82) is 0 Å². The van der Waals surface area contributed by atoms with Gasteiger partial charge in [0.25, 0.3) is 5.69 Å². The average Bonchev–Trinajstić information content (AvgIpc) is 2.16. The number of nitro benzene ring substituents is 1. The number of carbonyl (C=O) groups excluding carboxylic acids is 1. The van der Waals surface area contributed by atoms with E-state index in [1.165, 1.54) is 6.07 Å². The molecule has 0 aliphatic rings. The molecule has 0 bridgehead atoms. The fourth-order valence-corrected chi connectivity index (χ4v) is 1.21. The second kappa shape index (κ2) is 4.36. The summed E-state index contributed by atoms with van der Waals surface area (Å²) in [5, 5.41) is 13.0. The first kappa shape index (κ1) is 10.2. The molecule has 0 fully saturated rings. The topological polar surface area (TPSA) is 72.2 Å². The number of benzene rings is 1. The highest BCUT2D eigenvalue weighted by atomic mass is 16.6. The predicted molar refractivity (Wildman–Crippen MR) is 50.7 cm³/mol. The molecule has 14 heavy (non-hydrogen) atoms. The Morgan fingerprint density at radius 2 is 2.29 bits per heavy atom. The molecule has 0 saturated heterocycles. The second-order valence-corrected chi connectivity index (χ2v) is 2.82. The van der Waals surface area contributed by atoms with Gasteiger partial charge >= 0.3 is 0 Å². The Balaban J connectivity index is 3.01. The summed E-state index contributed by atoms with van der Waals surface area (Å²) in [6.45, 7) is 1.98. The number of nitro groups is 1. The van der Waals surface area contributed by atoms with Gasteiger partial charge in [0.1, 0.15) is 0 Å². The molecule has 1 amide bonds. The molecule has 0 atom stereocenters. The summed E-state index contributed by atoms with van der Waals surface area (Å²) in [7, 11) is 0. The van der Waals surface area contributed by atoms with Crippen LogP contribution in [0.1, 0.15) is 11.1 Å². The van der Waals surface area contributed by atoms with Crippen molar-refractivity contribution < 1.29 is 9.72 Å². The van der Waals surface area contributed by atoms with Crippen molar-refractivity contribution in [3.05, 3.63) is 39.4 Å². The lowest BCUT2D eigenvalue weighted by Crippen LogP contribution is -2.11. The number of rotatable bonds is 4. The zero-order valence-corrected chi connectivity index (χ0v) is 7.69. The summed E-state index contributed by atoms with van der Waals surface area (Å²) < 4.78 is 0. The van der Waals surface area contributed by atoms with Crippen LogP contribution in [0, 0.1) is 17.0 Å². The number of hydrogen-bond donors (Lipinski definition) is 1. The Bertz CT molecular complexity index is 363. The monoisotopic (exact) mass is 194 g/mol. The van der Waals surface area contributed by atoms with E-state index in [4.69, 9.17) is 0 Å². The molecular weight excluding hydrogens is 184 g/mol. The van der Waals surface area contributed by atoms with Gasteiger partial charge < -0.3 is 5.32 Å². The van der Waals surface area contributed by atoms with Gasteiger partial charge in [-0.15, -0.1) is 0 Å². The van der Waals surface area contributed by atoms with Gasteiger partial charge in [-0.25, -0.2) is 0 Å². The molecule has 0 unspecified atom stereocenters. The molecule has 0 saturated carbocycles. The van der Waals surface area contributed by atoms with E-state index < -0.39 is 4.92 Å². The first-order valence-corrected chi connectivity index (χ1v) is 4.06. The molecule has 1 aromatic rings. The summed E-state index contributed by atoms with van der Waals surface area (Å²) in [5.74, 6) is 0. The van der Waals surface area contributed by atoms with Crippen LogP contribution in [-0.4, -0.2) is 11.3 Å². The minimum Gasteiger partial charge on any atom is -0.355 e. The first-order valence-electron chi connectivity index (χ1n) is 4.06. The molecule has 0 radical (unpaired) electrons. The molecule has 5 heteroatoms. The second-order valence-electron chi connectivity index (χ2n) is 2.82. The van der Waals surface area contributed by atoms with Crippen molar-refractivity contribution in [3.8, 4) is 0 Å². The number of carbonyl (C=O) groups is 1. The number of amides is 1. The summed E-state index contributed by atoms with van der Waals surface area (Å²) in [6.07, 6.45) is 0.568. The van der Waals surface area contributed by atoms with Crippen LogP contribution in [0.5, 0.6) is 0 Å². The van der Waals surface area contributed by atoms with Crippen molar-refractivity contribution >= 4 is 12.1 Å². The molecule has 5 nitrogen and oxygen atoms in total. The third kappa shape index (κ3) is 2.07. The zero-order valence-electron chi connectivity index (χ0n) is 7.69. The van der Waals surface area contributed by atoms with Crippen molar-refractivity contribution in [2.75, 3.05) is 0 Å². The number of nitrogens with zero attached hydrogens (tertiary/aromatic N) is 1. The highest BCUT2D eigenvalue weighted by Gasteiger charge is 2.12. The maximum absolute atomic E-state index is 10.6. The van der Waals surface area contributed by atoms with Crippen LogP contribution in [-0.2, 0) is 11.3 Å². The van der Waals surface area contributed by atoms with Crippen LogP contribution in [0.25, 0.3) is 0 Å². The van der Waals surface area contributed by atoms with Gasteiger partial charge in [-0.3, -0.25) is 14.9 Å². The van der Waals surface area contributed by atoms with E-state index >= 15 is 0 Å². The molecule has 74 valence electrons. The van der Waals surface area contributed by atoms with Crippen molar-refractivity contribution in [3.63, 3.8) is 0 Å². The Labute approximate surface area is 80.9 Å². The van der Waals surface area contributed by atoms with Gasteiger partial charge in [-0.1, -0.05) is 12.1 Å². The summed E-state index contributed by atoms with van der Waals surface area (Å²) in [4.78, 5) is 20.2. The Hall–Kier alpha value is -1.91. The molecule has 0 heterocycles. The highest BCUT2D eigenvalue weighted by molar-refractivity contribution is 5.49. The van der Waals surface area contributed by atoms with E-state index in [2.05, 4.69) is 5.32 Å². The van der Waals surface area contributed by atoms with E-state index in [-0.39, 0.29) is 5.69 Å². The Morgan fingerprint density at radius 1 is 1.57 bits per heavy atom. The maximum Gasteiger partial charge on any atom is 0.272 e. The SMILES string of the molecule is Cc1c(CNC=O)cccc1[N+](=O)[O-]. The first-order chi connectivity index (χ1) is 6.66. The molecular formula is C9H10N2O3. The van der Waals surface area contributed by atoms with Gasteiger partial charge in [0.05, 0.1) is 4.92 Å². The van der Waals surface area contributed by atoms with Gasteiger partial charge in [0.2, 0.25) is 6.41 Å². The number of nitrogens with one attached hydrogen (secondary N) is 1. The smallest absolute Gasteiger partial charge is 0.272 e. The third-order valence-corrected chi connectivity index (χ3v) is 1.99. The quantitative estimate of drug-likeness (QED) is 0.444. The van der Waals surface area contributed by atoms with Crippen LogP contribution >= 0.6 is 0 Å². The van der Waals surface area contributed by atoms with Gasteiger partial charge in [0.15, 0.2) is 0 Å². The molecule has 1 aromatic carbocycles. The van der Waals surface area contributed by atoms with Crippen molar-refractivity contribution in [1.82, 2.24) is 5.32 Å². The largest absolute Gasteiger partial charge is 0.355 e. The summed E-state index contributed by atoms with van der Waals surface area (Å²) in [6, 6.07) is 4.80. The van der Waals surface area contributed by atoms with Gasteiger partial charge in [0, 0.05) is 18.2 Å². The molecule has 1 N–H and O–H groups in total. The lowest BCUT2D eigenvalue weighted by molar-refractivity contribution is -0.385. The van der Waals surface area contributed by atoms with Crippen LogP contribution in [0.2, 0.25) is 0 Å². The van der Waals surface area contributed by atoms with E-state index in [1.807, 2.05) is 0 Å². The minimum atomic E-state index is -0.431. The minimum absolute atomic E-state index is 0.0789. The van der Waals surface area contributed by atoms with Crippen molar-refractivity contribution in [2.45, 2.75) is 13.5 Å². The zero-order chi connectivity index (χ0) is 10.6. The lowest BCUT2D eigenvalue weighted by Gasteiger charge is -2.04. The third-order valence-electron chi connectivity index (χ3n) is 1.99. The summed E-state index contributed by atoms with van der Waals surface area (Å²) in [5.41, 5.74) is 1.42. The van der Waals surface area contributed by atoms with E-state index in [0.717, 1.165) is 5.56 Å². The van der Waals surface area contributed by atoms with Crippen LogP contribution in [0.4, 0.5) is 5.69 Å². The Morgan fingerprint density at radius 3 is 2.86 bits per heavy atom. The summed E-state index contributed by atoms with van der Waals surface area (Å²) >= 11 is 0. The van der Waals surface area contributed by atoms with Crippen LogP contribution in [0.3, 0.4) is 0 Å². The molecule has 0 spiro atoms. The fourth-order valence-electron chi connectivity index (χ4n) is 1.21. The normalized spacial score (nSPS) is 9.50. The maximum atomic E-state index is 10.6. The van der Waals surface area contributed by atoms with E-state index in [1.54, 1.807) is 19.1 Å². The van der Waals surface area contributed by atoms with E-state index in [0.29, 0.717) is 18.5 Å². The fraction of sp³-hybridized carbons (Fsp3) is 0.222. The molecule has 0 aliphatic heterocycles. The Kier molecular flexibility index (Phi) is 3.17. The predicted octanol–water partition coefficient (Wildman–Crippen LogP) is 1.15. The lowest BCUT2D eigenvalue weighted by atomic mass is 10.1. The van der Waals surface area contributed by atoms with Crippen LogP contribution < -0.4 is 5.32 Å².